The van der Waals surface area contributed by atoms with Crippen molar-refractivity contribution in [3.05, 3.63) is 45.2 Å². The Morgan fingerprint density at radius 3 is 2.50 bits per heavy atom. The Morgan fingerprint density at radius 1 is 1.25 bits per heavy atom. The first-order valence-electron chi connectivity index (χ1n) is 4.87. The minimum Gasteiger partial charge on any atom is -0.478 e. The van der Waals surface area contributed by atoms with E-state index >= 15 is 0 Å². The van der Waals surface area contributed by atoms with Gasteiger partial charge in [-0.2, -0.15) is 0 Å². The van der Waals surface area contributed by atoms with Gasteiger partial charge in [-0.15, -0.1) is 0 Å². The normalized spacial score (nSPS) is 10.6. The Bertz CT molecular complexity index is 640. The van der Waals surface area contributed by atoms with E-state index < -0.39 is 11.5 Å². The summed E-state index contributed by atoms with van der Waals surface area (Å²) < 4.78 is 0. The third-order valence-corrected chi connectivity index (χ3v) is 2.65. The van der Waals surface area contributed by atoms with Crippen LogP contribution in [0.25, 0.3) is 10.9 Å². The van der Waals surface area contributed by atoms with Gasteiger partial charge in [-0.1, -0.05) is 12.1 Å². The van der Waals surface area contributed by atoms with E-state index in [1.807, 2.05) is 26.0 Å². The lowest BCUT2D eigenvalue weighted by molar-refractivity contribution is 0.0699. The number of aromatic carboxylic acids is 1. The van der Waals surface area contributed by atoms with Gasteiger partial charge < -0.3 is 10.1 Å². The Balaban J connectivity index is 3.06. The smallest absolute Gasteiger partial charge is 0.336 e. The maximum Gasteiger partial charge on any atom is 0.336 e. The SMILES string of the molecule is Cc1ccc(C)c2c(C(=O)O)cc(=O)[nH]c12. The number of benzene rings is 1. The molecule has 0 unspecified atom stereocenters. The molecule has 2 aromatic rings. The van der Waals surface area contributed by atoms with Gasteiger partial charge in [0.1, 0.15) is 0 Å². The van der Waals surface area contributed by atoms with Crippen LogP contribution in [0.4, 0.5) is 0 Å². The zero-order chi connectivity index (χ0) is 11.9. The van der Waals surface area contributed by atoms with Crippen LogP contribution in [-0.4, -0.2) is 16.1 Å². The first kappa shape index (κ1) is 10.4. The van der Waals surface area contributed by atoms with Crippen molar-refractivity contribution in [2.24, 2.45) is 0 Å². The van der Waals surface area contributed by atoms with Gasteiger partial charge in [0, 0.05) is 11.5 Å². The van der Waals surface area contributed by atoms with Crippen molar-refractivity contribution in [3.8, 4) is 0 Å². The molecule has 0 radical (unpaired) electrons. The molecule has 0 atom stereocenters. The summed E-state index contributed by atoms with van der Waals surface area (Å²) >= 11 is 0. The van der Waals surface area contributed by atoms with Crippen molar-refractivity contribution in [1.82, 2.24) is 4.98 Å². The highest BCUT2D eigenvalue weighted by molar-refractivity contribution is 6.04. The van der Waals surface area contributed by atoms with E-state index in [9.17, 15) is 9.59 Å². The van der Waals surface area contributed by atoms with Gasteiger partial charge in [0.2, 0.25) is 5.56 Å². The number of nitrogens with one attached hydrogen (secondary N) is 1. The molecular formula is C12H11NO3. The number of aromatic amines is 1. The maximum atomic E-state index is 11.4. The lowest BCUT2D eigenvalue weighted by Crippen LogP contribution is -2.11. The van der Waals surface area contributed by atoms with Gasteiger partial charge in [-0.25, -0.2) is 4.79 Å². The quantitative estimate of drug-likeness (QED) is 0.765. The molecule has 0 fully saturated rings. The largest absolute Gasteiger partial charge is 0.478 e. The summed E-state index contributed by atoms with van der Waals surface area (Å²) in [6, 6.07) is 4.83. The second-order valence-electron chi connectivity index (χ2n) is 3.80. The molecule has 2 rings (SSSR count). The highest BCUT2D eigenvalue weighted by Crippen LogP contribution is 2.22. The lowest BCUT2D eigenvalue weighted by atomic mass is 10.0. The van der Waals surface area contributed by atoms with Crippen LogP contribution in [0.5, 0.6) is 0 Å². The highest BCUT2D eigenvalue weighted by Gasteiger charge is 2.13. The van der Waals surface area contributed by atoms with Crippen molar-refractivity contribution in [3.63, 3.8) is 0 Å². The molecule has 0 aliphatic rings. The molecular weight excluding hydrogens is 206 g/mol. The summed E-state index contributed by atoms with van der Waals surface area (Å²) in [5, 5.41) is 9.67. The Labute approximate surface area is 91.5 Å². The fourth-order valence-corrected chi connectivity index (χ4v) is 1.85. The Morgan fingerprint density at radius 2 is 1.88 bits per heavy atom. The maximum absolute atomic E-state index is 11.4. The van der Waals surface area contributed by atoms with Gasteiger partial charge >= 0.3 is 5.97 Å². The van der Waals surface area contributed by atoms with Gasteiger partial charge in [0.15, 0.2) is 0 Å². The number of carboxylic acid groups (broad SMARTS) is 1. The van der Waals surface area contributed by atoms with Crippen LogP contribution in [0.3, 0.4) is 0 Å². The summed E-state index contributed by atoms with van der Waals surface area (Å²) in [6.45, 7) is 3.66. The standard InChI is InChI=1S/C12H11NO3/c1-6-3-4-7(2)11-10(6)8(12(15)16)5-9(14)13-11/h3-5H,1-2H3,(H,13,14)(H,15,16). The molecule has 82 valence electrons. The molecule has 16 heavy (non-hydrogen) atoms. The van der Waals surface area contributed by atoms with E-state index in [0.29, 0.717) is 10.9 Å². The van der Waals surface area contributed by atoms with E-state index in [-0.39, 0.29) is 5.56 Å². The molecule has 4 nitrogen and oxygen atoms in total. The van der Waals surface area contributed by atoms with E-state index in [1.54, 1.807) is 0 Å². The molecule has 0 amide bonds. The van der Waals surface area contributed by atoms with Crippen LogP contribution >= 0.6 is 0 Å². The number of carboxylic acids is 1. The van der Waals surface area contributed by atoms with Crippen LogP contribution in [0.2, 0.25) is 0 Å². The third kappa shape index (κ3) is 1.48. The summed E-state index contributed by atoms with van der Waals surface area (Å²) in [5.41, 5.74) is 1.97. The zero-order valence-electron chi connectivity index (χ0n) is 9.00. The highest BCUT2D eigenvalue weighted by atomic mass is 16.4. The van der Waals surface area contributed by atoms with E-state index in [1.165, 1.54) is 0 Å². The van der Waals surface area contributed by atoms with Crippen molar-refractivity contribution in [2.45, 2.75) is 13.8 Å². The predicted octanol–water partition coefficient (Wildman–Crippen LogP) is 1.84. The fourth-order valence-electron chi connectivity index (χ4n) is 1.85. The third-order valence-electron chi connectivity index (χ3n) is 2.65. The number of rotatable bonds is 1. The van der Waals surface area contributed by atoms with Crippen LogP contribution < -0.4 is 5.56 Å². The minimum atomic E-state index is -1.08. The summed E-state index contributed by atoms with van der Waals surface area (Å²) in [4.78, 5) is 25.1. The van der Waals surface area contributed by atoms with Crippen LogP contribution in [0, 0.1) is 13.8 Å². The number of H-pyrrole nitrogens is 1. The molecule has 0 aliphatic carbocycles. The van der Waals surface area contributed by atoms with E-state index in [2.05, 4.69) is 4.98 Å². The molecule has 1 aromatic carbocycles. The second kappa shape index (κ2) is 3.48. The first-order chi connectivity index (χ1) is 7.50. The van der Waals surface area contributed by atoms with E-state index in [4.69, 9.17) is 5.11 Å². The first-order valence-corrected chi connectivity index (χ1v) is 4.87. The molecule has 1 heterocycles. The fraction of sp³-hybridized carbons (Fsp3) is 0.167. The molecule has 4 heteroatoms. The average molecular weight is 217 g/mol. The molecule has 0 saturated heterocycles. The number of aryl methyl sites for hydroxylation is 2. The topological polar surface area (TPSA) is 70.2 Å². The van der Waals surface area contributed by atoms with Crippen molar-refractivity contribution in [2.75, 3.05) is 0 Å². The summed E-state index contributed by atoms with van der Waals surface area (Å²) in [5.74, 6) is -1.08. The molecule has 0 aliphatic heterocycles. The molecule has 0 spiro atoms. The number of aromatic nitrogens is 1. The summed E-state index contributed by atoms with van der Waals surface area (Å²) in [6.07, 6.45) is 0. The molecule has 0 saturated carbocycles. The molecule has 1 aromatic heterocycles. The monoisotopic (exact) mass is 217 g/mol. The second-order valence-corrected chi connectivity index (χ2v) is 3.80. The summed E-state index contributed by atoms with van der Waals surface area (Å²) in [7, 11) is 0. The predicted molar refractivity (Wildman–Crippen MR) is 61.0 cm³/mol. The number of hydrogen-bond donors (Lipinski definition) is 2. The number of hydrogen-bond acceptors (Lipinski definition) is 2. The zero-order valence-corrected chi connectivity index (χ0v) is 9.00. The van der Waals surface area contributed by atoms with Crippen molar-refractivity contribution in [1.29, 1.82) is 0 Å². The molecule has 0 bridgehead atoms. The average Bonchev–Trinajstić information content (AvgIpc) is 2.22. The number of pyridine rings is 1. The Kier molecular flexibility index (Phi) is 2.27. The molecule has 2 N–H and O–H groups in total. The van der Waals surface area contributed by atoms with Crippen LogP contribution in [0.1, 0.15) is 21.5 Å². The van der Waals surface area contributed by atoms with E-state index in [0.717, 1.165) is 17.2 Å². The number of carbonyl (C=O) groups is 1. The van der Waals surface area contributed by atoms with Crippen molar-refractivity contribution >= 4 is 16.9 Å². The Hall–Kier alpha value is -2.10. The van der Waals surface area contributed by atoms with Gasteiger partial charge in [-0.05, 0) is 25.0 Å². The lowest BCUT2D eigenvalue weighted by Gasteiger charge is -2.07. The van der Waals surface area contributed by atoms with Crippen LogP contribution in [-0.2, 0) is 0 Å². The van der Waals surface area contributed by atoms with Gasteiger partial charge in [0.05, 0.1) is 11.1 Å². The van der Waals surface area contributed by atoms with Gasteiger partial charge in [0.25, 0.3) is 0 Å². The minimum absolute atomic E-state index is 0.0555. The van der Waals surface area contributed by atoms with Crippen LogP contribution in [0.15, 0.2) is 23.0 Å². The number of fused-ring (bicyclic) bond motifs is 1. The van der Waals surface area contributed by atoms with Crippen molar-refractivity contribution < 1.29 is 9.90 Å². The van der Waals surface area contributed by atoms with Gasteiger partial charge in [-0.3, -0.25) is 4.79 Å².